The monoisotopic (exact) mass is 678 g/mol. The van der Waals surface area contributed by atoms with Crippen molar-refractivity contribution in [1.82, 2.24) is 9.97 Å². The standard InChI is InChI=1S/C48H30N4O/c1-3-13-31(14-4-1)32-25-27-34(28-26-32)47-37-19-7-8-21-39(37)49-48(50-47)52-41-23-12-16-33-15-11-20-36(46(33)41)38-29-45-43(30-42(38)52)51(35-17-5-2-6-18-35)40-22-9-10-24-44(40)53-45/h1-30H. The smallest absolute Gasteiger partial charge is 0.235 e. The van der Waals surface area contributed by atoms with Crippen molar-refractivity contribution in [2.24, 2.45) is 0 Å². The predicted molar refractivity (Wildman–Crippen MR) is 216 cm³/mol. The van der Waals surface area contributed by atoms with E-state index >= 15 is 0 Å². The van der Waals surface area contributed by atoms with Crippen LogP contribution >= 0.6 is 0 Å². The fraction of sp³-hybridized carbons (Fsp3) is 0. The molecule has 3 heterocycles. The molecule has 11 rings (SSSR count). The zero-order chi connectivity index (χ0) is 34.9. The molecule has 2 aliphatic rings. The Balaban J connectivity index is 1.16. The van der Waals surface area contributed by atoms with Gasteiger partial charge in [0.15, 0.2) is 11.5 Å². The SMILES string of the molecule is c1ccc(-c2ccc(-c3nc(N4c5cc6c(cc5-c5cccc7cccc4c57)Oc4ccccc4N6c4ccccc4)nc4ccccc34)cc2)cc1. The highest BCUT2D eigenvalue weighted by Crippen LogP contribution is 2.57. The van der Waals surface area contributed by atoms with Gasteiger partial charge >= 0.3 is 0 Å². The number of fused-ring (bicyclic) bond motifs is 5. The molecule has 53 heavy (non-hydrogen) atoms. The third-order valence-corrected chi connectivity index (χ3v) is 10.4. The summed E-state index contributed by atoms with van der Waals surface area (Å²) in [6, 6.07) is 63.6. The van der Waals surface area contributed by atoms with E-state index in [9.17, 15) is 0 Å². The second-order valence-electron chi connectivity index (χ2n) is 13.4. The predicted octanol–water partition coefficient (Wildman–Crippen LogP) is 13.1. The number of benzene rings is 8. The summed E-state index contributed by atoms with van der Waals surface area (Å²) in [5.41, 5.74) is 12.4. The topological polar surface area (TPSA) is 41.5 Å². The van der Waals surface area contributed by atoms with Crippen molar-refractivity contribution in [2.45, 2.75) is 0 Å². The summed E-state index contributed by atoms with van der Waals surface area (Å²) in [4.78, 5) is 15.3. The fourth-order valence-corrected chi connectivity index (χ4v) is 7.96. The second kappa shape index (κ2) is 11.7. The lowest BCUT2D eigenvalue weighted by Crippen LogP contribution is -2.20. The number of anilines is 6. The molecule has 9 aromatic rings. The average Bonchev–Trinajstić information content (AvgIpc) is 3.23. The lowest BCUT2D eigenvalue weighted by molar-refractivity contribution is 0.477. The molecule has 248 valence electrons. The highest BCUT2D eigenvalue weighted by molar-refractivity contribution is 6.14. The van der Waals surface area contributed by atoms with Gasteiger partial charge in [0.1, 0.15) is 0 Å². The van der Waals surface area contributed by atoms with Crippen LogP contribution < -0.4 is 14.5 Å². The second-order valence-corrected chi connectivity index (χ2v) is 13.4. The summed E-state index contributed by atoms with van der Waals surface area (Å²) < 4.78 is 6.70. The highest BCUT2D eigenvalue weighted by Gasteiger charge is 2.33. The zero-order valence-corrected chi connectivity index (χ0v) is 28.5. The summed E-state index contributed by atoms with van der Waals surface area (Å²) in [7, 11) is 0. The molecule has 0 fully saturated rings. The lowest BCUT2D eigenvalue weighted by atomic mass is 9.90. The van der Waals surface area contributed by atoms with E-state index in [1.165, 1.54) is 5.56 Å². The molecule has 5 nitrogen and oxygen atoms in total. The van der Waals surface area contributed by atoms with Crippen LogP contribution in [-0.4, -0.2) is 9.97 Å². The molecule has 0 aliphatic carbocycles. The molecular formula is C48H30N4O. The number of ether oxygens (including phenoxy) is 1. The van der Waals surface area contributed by atoms with Crippen molar-refractivity contribution in [3.05, 3.63) is 182 Å². The number of hydrogen-bond donors (Lipinski definition) is 0. The molecule has 2 aliphatic heterocycles. The Kier molecular flexibility index (Phi) is 6.48. The van der Waals surface area contributed by atoms with Crippen molar-refractivity contribution in [1.29, 1.82) is 0 Å². The first-order valence-electron chi connectivity index (χ1n) is 17.8. The van der Waals surface area contributed by atoms with Gasteiger partial charge in [-0.25, -0.2) is 9.97 Å². The van der Waals surface area contributed by atoms with Crippen LogP contribution in [-0.2, 0) is 0 Å². The quantitative estimate of drug-likeness (QED) is 0.185. The van der Waals surface area contributed by atoms with Crippen LogP contribution in [0.15, 0.2) is 182 Å². The van der Waals surface area contributed by atoms with Gasteiger partial charge < -0.3 is 9.64 Å². The minimum Gasteiger partial charge on any atom is -0.453 e. The van der Waals surface area contributed by atoms with Gasteiger partial charge in [-0.15, -0.1) is 0 Å². The third-order valence-electron chi connectivity index (χ3n) is 10.4. The van der Waals surface area contributed by atoms with Crippen molar-refractivity contribution < 1.29 is 4.74 Å². The van der Waals surface area contributed by atoms with Gasteiger partial charge in [0.2, 0.25) is 5.95 Å². The molecule has 8 aromatic carbocycles. The van der Waals surface area contributed by atoms with Crippen LogP contribution in [0.25, 0.3) is 55.2 Å². The molecule has 0 spiro atoms. The van der Waals surface area contributed by atoms with Gasteiger partial charge in [0.25, 0.3) is 0 Å². The summed E-state index contributed by atoms with van der Waals surface area (Å²) in [5, 5.41) is 3.32. The van der Waals surface area contributed by atoms with E-state index in [1.807, 2.05) is 30.3 Å². The maximum Gasteiger partial charge on any atom is 0.235 e. The molecule has 1 aromatic heterocycles. The Morgan fingerprint density at radius 1 is 0.415 bits per heavy atom. The molecule has 0 radical (unpaired) electrons. The molecule has 0 saturated carbocycles. The summed E-state index contributed by atoms with van der Waals surface area (Å²) in [6.45, 7) is 0. The summed E-state index contributed by atoms with van der Waals surface area (Å²) >= 11 is 0. The van der Waals surface area contributed by atoms with Crippen LogP contribution in [0.2, 0.25) is 0 Å². The molecule has 0 amide bonds. The normalized spacial score (nSPS) is 12.6. The van der Waals surface area contributed by atoms with E-state index in [1.54, 1.807) is 0 Å². The fourth-order valence-electron chi connectivity index (χ4n) is 7.96. The van der Waals surface area contributed by atoms with Gasteiger partial charge in [-0.2, -0.15) is 0 Å². The first kappa shape index (κ1) is 29.5. The number of rotatable bonds is 4. The Morgan fingerprint density at radius 3 is 1.94 bits per heavy atom. The maximum absolute atomic E-state index is 6.70. The van der Waals surface area contributed by atoms with Gasteiger partial charge in [-0.1, -0.05) is 133 Å². The number of para-hydroxylation sites is 4. The lowest BCUT2D eigenvalue weighted by Gasteiger charge is -2.37. The van der Waals surface area contributed by atoms with Crippen molar-refractivity contribution in [2.75, 3.05) is 9.80 Å². The Bertz CT molecular complexity index is 2870. The van der Waals surface area contributed by atoms with Crippen LogP contribution in [0.4, 0.5) is 34.4 Å². The van der Waals surface area contributed by atoms with E-state index in [-0.39, 0.29) is 0 Å². The average molecular weight is 679 g/mol. The van der Waals surface area contributed by atoms with Gasteiger partial charge in [0, 0.05) is 27.6 Å². The summed E-state index contributed by atoms with van der Waals surface area (Å²) in [6.07, 6.45) is 0. The van der Waals surface area contributed by atoms with Crippen molar-refractivity contribution in [3.8, 4) is 45.0 Å². The van der Waals surface area contributed by atoms with Gasteiger partial charge in [-0.3, -0.25) is 4.90 Å². The number of hydrogen-bond acceptors (Lipinski definition) is 5. The molecule has 0 unspecified atom stereocenters. The van der Waals surface area contributed by atoms with Crippen LogP contribution in [0, 0.1) is 0 Å². The number of nitrogens with zero attached hydrogens (tertiary/aromatic N) is 4. The first-order chi connectivity index (χ1) is 26.3. The van der Waals surface area contributed by atoms with Crippen molar-refractivity contribution in [3.63, 3.8) is 0 Å². The van der Waals surface area contributed by atoms with E-state index in [0.717, 1.165) is 89.6 Å². The van der Waals surface area contributed by atoms with E-state index in [4.69, 9.17) is 14.7 Å². The minimum absolute atomic E-state index is 0.609. The Hall–Kier alpha value is -7.24. The minimum atomic E-state index is 0.609. The van der Waals surface area contributed by atoms with Crippen LogP contribution in [0.3, 0.4) is 0 Å². The zero-order valence-electron chi connectivity index (χ0n) is 28.5. The molecule has 5 heteroatoms. The largest absolute Gasteiger partial charge is 0.453 e. The van der Waals surface area contributed by atoms with Crippen molar-refractivity contribution >= 4 is 56.1 Å². The molecular weight excluding hydrogens is 649 g/mol. The van der Waals surface area contributed by atoms with Crippen LogP contribution in [0.1, 0.15) is 0 Å². The third kappa shape index (κ3) is 4.64. The van der Waals surface area contributed by atoms with E-state index < -0.39 is 0 Å². The van der Waals surface area contributed by atoms with E-state index in [0.29, 0.717) is 5.95 Å². The highest BCUT2D eigenvalue weighted by atomic mass is 16.5. The molecule has 0 atom stereocenters. The number of aromatic nitrogens is 2. The Morgan fingerprint density at radius 2 is 1.09 bits per heavy atom. The Labute approximate surface area is 306 Å². The van der Waals surface area contributed by atoms with Crippen LogP contribution in [0.5, 0.6) is 11.5 Å². The molecule has 0 saturated heterocycles. The molecule has 0 bridgehead atoms. The van der Waals surface area contributed by atoms with E-state index in [2.05, 4.69) is 161 Å². The summed E-state index contributed by atoms with van der Waals surface area (Å²) in [5.74, 6) is 2.22. The maximum atomic E-state index is 6.70. The van der Waals surface area contributed by atoms with Gasteiger partial charge in [0.05, 0.1) is 34.0 Å². The van der Waals surface area contributed by atoms with Gasteiger partial charge in [-0.05, 0) is 70.6 Å². The first-order valence-corrected chi connectivity index (χ1v) is 17.8. The molecule has 0 N–H and O–H groups in total.